The highest BCUT2D eigenvalue weighted by Crippen LogP contribution is 2.07. The van der Waals surface area contributed by atoms with E-state index in [4.69, 9.17) is 5.11 Å². The Morgan fingerprint density at radius 1 is 1.33 bits per heavy atom. The Morgan fingerprint density at radius 2 is 2.05 bits per heavy atom. The standard InChI is InChI=1S/C15H16N2O4/c1-9(6-7-13(18)19)17-15(21)11-8-16-12-5-3-2-4-10(12)14(11)20/h2-5,8-9H,6-7H2,1H3,(H,16,20)(H,17,21)(H,18,19). The number of amides is 1. The van der Waals surface area contributed by atoms with Gasteiger partial charge < -0.3 is 15.4 Å². The molecule has 0 spiro atoms. The molecule has 1 unspecified atom stereocenters. The molecule has 0 bridgehead atoms. The third kappa shape index (κ3) is 3.47. The lowest BCUT2D eigenvalue weighted by Crippen LogP contribution is -2.35. The van der Waals surface area contributed by atoms with Crippen LogP contribution in [0.25, 0.3) is 10.9 Å². The van der Waals surface area contributed by atoms with Crippen LogP contribution in [0.1, 0.15) is 30.1 Å². The van der Waals surface area contributed by atoms with Crippen molar-refractivity contribution >= 4 is 22.8 Å². The molecule has 6 nitrogen and oxygen atoms in total. The van der Waals surface area contributed by atoms with Crippen molar-refractivity contribution < 1.29 is 14.7 Å². The van der Waals surface area contributed by atoms with Crippen molar-refractivity contribution in [3.05, 3.63) is 46.2 Å². The number of hydrogen-bond donors (Lipinski definition) is 3. The maximum atomic E-state index is 12.2. The van der Waals surface area contributed by atoms with Crippen LogP contribution >= 0.6 is 0 Å². The van der Waals surface area contributed by atoms with Gasteiger partial charge in [-0.15, -0.1) is 0 Å². The number of benzene rings is 1. The maximum absolute atomic E-state index is 12.2. The van der Waals surface area contributed by atoms with Gasteiger partial charge in [-0.25, -0.2) is 0 Å². The summed E-state index contributed by atoms with van der Waals surface area (Å²) in [6, 6.07) is 6.62. The molecular formula is C15H16N2O4. The summed E-state index contributed by atoms with van der Waals surface area (Å²) in [4.78, 5) is 37.7. The molecule has 1 atom stereocenters. The smallest absolute Gasteiger partial charge is 0.303 e. The molecule has 21 heavy (non-hydrogen) atoms. The third-order valence-electron chi connectivity index (χ3n) is 3.20. The Kier molecular flexibility index (Phi) is 4.37. The van der Waals surface area contributed by atoms with Gasteiger partial charge >= 0.3 is 5.97 Å². The molecule has 1 aromatic heterocycles. The van der Waals surface area contributed by atoms with Crippen LogP contribution in [0.3, 0.4) is 0 Å². The predicted molar refractivity (Wildman–Crippen MR) is 78.4 cm³/mol. The van der Waals surface area contributed by atoms with Crippen LogP contribution in [0.5, 0.6) is 0 Å². The van der Waals surface area contributed by atoms with Gasteiger partial charge in [-0.05, 0) is 25.5 Å². The fraction of sp³-hybridized carbons (Fsp3) is 0.267. The zero-order valence-corrected chi connectivity index (χ0v) is 11.6. The number of carbonyl (C=O) groups excluding carboxylic acids is 1. The molecule has 0 aliphatic carbocycles. The second kappa shape index (κ2) is 6.21. The number of rotatable bonds is 5. The molecule has 0 saturated heterocycles. The van der Waals surface area contributed by atoms with E-state index in [-0.39, 0.29) is 23.5 Å². The highest BCUT2D eigenvalue weighted by molar-refractivity contribution is 5.97. The van der Waals surface area contributed by atoms with Crippen molar-refractivity contribution in [2.75, 3.05) is 0 Å². The number of carbonyl (C=O) groups is 2. The summed E-state index contributed by atoms with van der Waals surface area (Å²) in [5.41, 5.74) is 0.348. The number of carboxylic acids is 1. The van der Waals surface area contributed by atoms with Gasteiger partial charge in [-0.2, -0.15) is 0 Å². The summed E-state index contributed by atoms with van der Waals surface area (Å²) < 4.78 is 0. The summed E-state index contributed by atoms with van der Waals surface area (Å²) in [5.74, 6) is -1.42. The SMILES string of the molecule is CC(CCC(=O)O)NC(=O)c1c[nH]c2ccccc2c1=O. The fourth-order valence-electron chi connectivity index (χ4n) is 2.05. The molecule has 3 N–H and O–H groups in total. The van der Waals surface area contributed by atoms with E-state index in [2.05, 4.69) is 10.3 Å². The van der Waals surface area contributed by atoms with E-state index in [1.54, 1.807) is 31.2 Å². The first-order valence-electron chi connectivity index (χ1n) is 6.62. The molecule has 0 saturated carbocycles. The minimum absolute atomic E-state index is 0.0240. The van der Waals surface area contributed by atoms with Crippen molar-refractivity contribution in [2.45, 2.75) is 25.8 Å². The molecule has 1 heterocycles. The van der Waals surface area contributed by atoms with Gasteiger partial charge in [0.15, 0.2) is 0 Å². The largest absolute Gasteiger partial charge is 0.481 e. The first-order valence-corrected chi connectivity index (χ1v) is 6.62. The number of para-hydroxylation sites is 1. The number of H-pyrrole nitrogens is 1. The van der Waals surface area contributed by atoms with E-state index in [0.29, 0.717) is 17.3 Å². The molecule has 0 aliphatic rings. The Bertz CT molecular complexity index is 736. The molecule has 1 amide bonds. The second-order valence-corrected chi connectivity index (χ2v) is 4.88. The quantitative estimate of drug-likeness (QED) is 0.776. The number of carboxylic acid groups (broad SMARTS) is 1. The summed E-state index contributed by atoms with van der Waals surface area (Å²) in [5, 5.41) is 11.7. The lowest BCUT2D eigenvalue weighted by Gasteiger charge is -2.12. The first-order chi connectivity index (χ1) is 9.99. The number of aromatic amines is 1. The average molecular weight is 288 g/mol. The zero-order valence-electron chi connectivity index (χ0n) is 11.6. The maximum Gasteiger partial charge on any atom is 0.303 e. The summed E-state index contributed by atoms with van der Waals surface area (Å²) in [7, 11) is 0. The number of hydrogen-bond acceptors (Lipinski definition) is 3. The van der Waals surface area contributed by atoms with E-state index in [9.17, 15) is 14.4 Å². The molecular weight excluding hydrogens is 272 g/mol. The molecule has 0 radical (unpaired) electrons. The Balaban J connectivity index is 2.18. The van der Waals surface area contributed by atoms with Gasteiger partial charge in [0.25, 0.3) is 5.91 Å². The van der Waals surface area contributed by atoms with Crippen molar-refractivity contribution in [1.29, 1.82) is 0 Å². The van der Waals surface area contributed by atoms with E-state index in [1.165, 1.54) is 6.20 Å². The number of aliphatic carboxylic acids is 1. The Morgan fingerprint density at radius 3 is 2.76 bits per heavy atom. The van der Waals surface area contributed by atoms with Crippen LogP contribution in [-0.4, -0.2) is 28.0 Å². The van der Waals surface area contributed by atoms with E-state index >= 15 is 0 Å². The number of aromatic nitrogens is 1. The second-order valence-electron chi connectivity index (χ2n) is 4.88. The number of fused-ring (bicyclic) bond motifs is 1. The van der Waals surface area contributed by atoms with Crippen LogP contribution in [-0.2, 0) is 4.79 Å². The van der Waals surface area contributed by atoms with Gasteiger partial charge in [-0.3, -0.25) is 14.4 Å². The number of nitrogens with one attached hydrogen (secondary N) is 2. The molecule has 0 fully saturated rings. The third-order valence-corrected chi connectivity index (χ3v) is 3.20. The summed E-state index contributed by atoms with van der Waals surface area (Å²) >= 11 is 0. The molecule has 1 aromatic carbocycles. The minimum atomic E-state index is -0.917. The van der Waals surface area contributed by atoms with Crippen LogP contribution in [0.2, 0.25) is 0 Å². The van der Waals surface area contributed by atoms with Crippen molar-refractivity contribution in [1.82, 2.24) is 10.3 Å². The van der Waals surface area contributed by atoms with Crippen molar-refractivity contribution in [3.63, 3.8) is 0 Å². The topological polar surface area (TPSA) is 99.3 Å². The summed E-state index contributed by atoms with van der Waals surface area (Å²) in [6.45, 7) is 1.70. The van der Waals surface area contributed by atoms with Gasteiger partial charge in [0, 0.05) is 29.6 Å². The van der Waals surface area contributed by atoms with Crippen LogP contribution < -0.4 is 10.7 Å². The molecule has 6 heteroatoms. The predicted octanol–water partition coefficient (Wildman–Crippen LogP) is 1.51. The van der Waals surface area contributed by atoms with Crippen LogP contribution in [0.4, 0.5) is 0 Å². The first kappa shape index (κ1) is 14.8. The molecule has 2 aromatic rings. The fourth-order valence-corrected chi connectivity index (χ4v) is 2.05. The normalized spacial score (nSPS) is 12.0. The monoisotopic (exact) mass is 288 g/mol. The van der Waals surface area contributed by atoms with E-state index in [0.717, 1.165) is 0 Å². The average Bonchev–Trinajstić information content (AvgIpc) is 2.45. The molecule has 2 rings (SSSR count). The minimum Gasteiger partial charge on any atom is -0.481 e. The zero-order chi connectivity index (χ0) is 15.4. The van der Waals surface area contributed by atoms with E-state index in [1.807, 2.05) is 0 Å². The van der Waals surface area contributed by atoms with Gasteiger partial charge in [0.1, 0.15) is 5.56 Å². The highest BCUT2D eigenvalue weighted by atomic mass is 16.4. The summed E-state index contributed by atoms with van der Waals surface area (Å²) in [6.07, 6.45) is 1.66. The molecule has 0 aliphatic heterocycles. The highest BCUT2D eigenvalue weighted by Gasteiger charge is 2.15. The van der Waals surface area contributed by atoms with E-state index < -0.39 is 11.9 Å². The lowest BCUT2D eigenvalue weighted by atomic mass is 10.1. The van der Waals surface area contributed by atoms with Gasteiger partial charge in [-0.1, -0.05) is 12.1 Å². The molecule has 110 valence electrons. The Labute approximate surface area is 120 Å². The van der Waals surface area contributed by atoms with Gasteiger partial charge in [0.05, 0.1) is 0 Å². The number of pyridine rings is 1. The van der Waals surface area contributed by atoms with Crippen molar-refractivity contribution in [3.8, 4) is 0 Å². The van der Waals surface area contributed by atoms with Gasteiger partial charge in [0.2, 0.25) is 5.43 Å². The lowest BCUT2D eigenvalue weighted by molar-refractivity contribution is -0.137. The van der Waals surface area contributed by atoms with Crippen molar-refractivity contribution in [2.24, 2.45) is 0 Å². The van der Waals surface area contributed by atoms with Crippen LogP contribution in [0, 0.1) is 0 Å². The van der Waals surface area contributed by atoms with Crippen LogP contribution in [0.15, 0.2) is 35.3 Å². The Hall–Kier alpha value is -2.63.